The number of carbonyl (C=O) groups excluding carboxylic acids is 1. The lowest BCUT2D eigenvalue weighted by Gasteiger charge is -2.08. The van der Waals surface area contributed by atoms with Crippen molar-refractivity contribution in [2.75, 3.05) is 12.8 Å². The number of halogens is 1. The third kappa shape index (κ3) is 1.93. The standard InChI is InChI=1S/C9H10INO2/c1-5(12)8-6(11)3-4-7(13-2)9(8)10/h3-4H,11H2,1-2H3. The highest BCUT2D eigenvalue weighted by molar-refractivity contribution is 14.1. The van der Waals surface area contributed by atoms with Crippen molar-refractivity contribution < 1.29 is 9.53 Å². The van der Waals surface area contributed by atoms with Crippen molar-refractivity contribution in [1.82, 2.24) is 0 Å². The van der Waals surface area contributed by atoms with Crippen LogP contribution in [0.4, 0.5) is 5.69 Å². The van der Waals surface area contributed by atoms with Crippen LogP contribution in [0.25, 0.3) is 0 Å². The molecule has 3 nitrogen and oxygen atoms in total. The molecule has 4 heteroatoms. The molecule has 0 heterocycles. The Morgan fingerprint density at radius 2 is 2.15 bits per heavy atom. The van der Waals surface area contributed by atoms with E-state index < -0.39 is 0 Å². The molecule has 0 radical (unpaired) electrons. The third-order valence-electron chi connectivity index (χ3n) is 1.71. The van der Waals surface area contributed by atoms with E-state index >= 15 is 0 Å². The van der Waals surface area contributed by atoms with E-state index in [9.17, 15) is 4.79 Å². The summed E-state index contributed by atoms with van der Waals surface area (Å²) < 4.78 is 5.85. The Balaban J connectivity index is 3.38. The summed E-state index contributed by atoms with van der Waals surface area (Å²) in [7, 11) is 1.57. The second-order valence-corrected chi connectivity index (χ2v) is 3.68. The summed E-state index contributed by atoms with van der Waals surface area (Å²) in [6.07, 6.45) is 0. The van der Waals surface area contributed by atoms with E-state index in [0.717, 1.165) is 3.57 Å². The molecule has 0 amide bonds. The molecule has 0 aliphatic rings. The number of Topliss-reactive ketones (excluding diaryl/α,β-unsaturated/α-hetero) is 1. The fourth-order valence-electron chi connectivity index (χ4n) is 1.09. The number of nitrogens with two attached hydrogens (primary N) is 1. The molecule has 0 spiro atoms. The fraction of sp³-hybridized carbons (Fsp3) is 0.222. The van der Waals surface area contributed by atoms with Crippen LogP contribution >= 0.6 is 22.6 Å². The molecule has 0 saturated heterocycles. The highest BCUT2D eigenvalue weighted by Crippen LogP contribution is 2.28. The first-order chi connectivity index (χ1) is 6.07. The van der Waals surface area contributed by atoms with Gasteiger partial charge in [-0.05, 0) is 41.6 Å². The highest BCUT2D eigenvalue weighted by Gasteiger charge is 2.13. The molecule has 0 aliphatic carbocycles. The minimum atomic E-state index is -0.0409. The maximum absolute atomic E-state index is 11.2. The quantitative estimate of drug-likeness (QED) is 0.515. The van der Waals surface area contributed by atoms with Gasteiger partial charge in [-0.3, -0.25) is 4.79 Å². The molecule has 0 atom stereocenters. The van der Waals surface area contributed by atoms with Crippen LogP contribution in [0.2, 0.25) is 0 Å². The van der Waals surface area contributed by atoms with Gasteiger partial charge in [0.1, 0.15) is 5.75 Å². The molecule has 0 aromatic heterocycles. The Labute approximate surface area is 90.4 Å². The third-order valence-corrected chi connectivity index (χ3v) is 2.78. The lowest BCUT2D eigenvalue weighted by molar-refractivity contribution is 0.101. The zero-order valence-electron chi connectivity index (χ0n) is 7.43. The molecule has 13 heavy (non-hydrogen) atoms. The lowest BCUT2D eigenvalue weighted by Crippen LogP contribution is -2.04. The first-order valence-electron chi connectivity index (χ1n) is 3.70. The monoisotopic (exact) mass is 291 g/mol. The molecule has 1 aromatic carbocycles. The number of nitrogen functional groups attached to an aromatic ring is 1. The van der Waals surface area contributed by atoms with Gasteiger partial charge in [-0.25, -0.2) is 0 Å². The molecule has 0 saturated carbocycles. The van der Waals surface area contributed by atoms with E-state index in [2.05, 4.69) is 22.6 Å². The molecule has 2 N–H and O–H groups in total. The molecule has 0 bridgehead atoms. The highest BCUT2D eigenvalue weighted by atomic mass is 127. The summed E-state index contributed by atoms with van der Waals surface area (Å²) in [4.78, 5) is 11.2. The zero-order chi connectivity index (χ0) is 10.0. The smallest absolute Gasteiger partial charge is 0.163 e. The number of methoxy groups -OCH3 is 1. The van der Waals surface area contributed by atoms with Gasteiger partial charge in [0.25, 0.3) is 0 Å². The first-order valence-corrected chi connectivity index (χ1v) is 4.78. The van der Waals surface area contributed by atoms with Crippen molar-refractivity contribution in [3.8, 4) is 5.75 Å². The molecule has 0 fully saturated rings. The van der Waals surface area contributed by atoms with Crippen molar-refractivity contribution in [1.29, 1.82) is 0 Å². The normalized spacial score (nSPS) is 9.77. The van der Waals surface area contributed by atoms with Crippen LogP contribution < -0.4 is 10.5 Å². The van der Waals surface area contributed by atoms with E-state index in [1.807, 2.05) is 0 Å². The van der Waals surface area contributed by atoms with Gasteiger partial charge in [-0.1, -0.05) is 0 Å². The lowest BCUT2D eigenvalue weighted by atomic mass is 10.1. The van der Waals surface area contributed by atoms with Crippen molar-refractivity contribution in [3.05, 3.63) is 21.3 Å². The van der Waals surface area contributed by atoms with Gasteiger partial charge in [0.15, 0.2) is 5.78 Å². The molecule has 1 rings (SSSR count). The number of rotatable bonds is 2. The maximum atomic E-state index is 11.2. The van der Waals surface area contributed by atoms with Gasteiger partial charge in [0, 0.05) is 5.69 Å². The number of carbonyl (C=O) groups is 1. The first kappa shape index (κ1) is 10.3. The van der Waals surface area contributed by atoms with E-state index in [4.69, 9.17) is 10.5 Å². The predicted octanol–water partition coefficient (Wildman–Crippen LogP) is 2.08. The molecule has 0 aliphatic heterocycles. The topological polar surface area (TPSA) is 52.3 Å². The summed E-state index contributed by atoms with van der Waals surface area (Å²) in [5, 5.41) is 0. The average Bonchev–Trinajstić information content (AvgIpc) is 2.04. The Morgan fingerprint density at radius 1 is 1.54 bits per heavy atom. The van der Waals surface area contributed by atoms with Crippen LogP contribution in [0.3, 0.4) is 0 Å². The van der Waals surface area contributed by atoms with Crippen molar-refractivity contribution in [2.45, 2.75) is 6.92 Å². The largest absolute Gasteiger partial charge is 0.496 e. The van der Waals surface area contributed by atoms with Crippen LogP contribution in [0.15, 0.2) is 12.1 Å². The van der Waals surface area contributed by atoms with Crippen LogP contribution in [0.5, 0.6) is 5.75 Å². The second kappa shape index (κ2) is 3.95. The van der Waals surface area contributed by atoms with Crippen LogP contribution in [0, 0.1) is 3.57 Å². The minimum absolute atomic E-state index is 0.0409. The van der Waals surface area contributed by atoms with Gasteiger partial charge in [0.2, 0.25) is 0 Å². The number of hydrogen-bond donors (Lipinski definition) is 1. The van der Waals surface area contributed by atoms with Crippen molar-refractivity contribution in [2.24, 2.45) is 0 Å². The molecular formula is C9H10INO2. The second-order valence-electron chi connectivity index (χ2n) is 2.60. The Bertz CT molecular complexity index is 350. The average molecular weight is 291 g/mol. The van der Waals surface area contributed by atoms with Crippen LogP contribution in [-0.4, -0.2) is 12.9 Å². The summed E-state index contributed by atoms with van der Waals surface area (Å²) in [6.45, 7) is 1.49. The number of ether oxygens (including phenoxy) is 1. The maximum Gasteiger partial charge on any atom is 0.163 e. The van der Waals surface area contributed by atoms with Gasteiger partial charge < -0.3 is 10.5 Å². The number of anilines is 1. The molecule has 1 aromatic rings. The van der Waals surface area contributed by atoms with E-state index in [-0.39, 0.29) is 5.78 Å². The van der Waals surface area contributed by atoms with Gasteiger partial charge in [-0.15, -0.1) is 0 Å². The van der Waals surface area contributed by atoms with Crippen LogP contribution in [-0.2, 0) is 0 Å². The summed E-state index contributed by atoms with van der Waals surface area (Å²) in [5.41, 5.74) is 6.70. The van der Waals surface area contributed by atoms with Crippen molar-refractivity contribution in [3.63, 3.8) is 0 Å². The summed E-state index contributed by atoms with van der Waals surface area (Å²) in [5.74, 6) is 0.640. The number of hydrogen-bond acceptors (Lipinski definition) is 3. The molecular weight excluding hydrogens is 281 g/mol. The Hall–Kier alpha value is -0.780. The fourth-order valence-corrected chi connectivity index (χ4v) is 2.18. The van der Waals surface area contributed by atoms with Gasteiger partial charge in [-0.2, -0.15) is 0 Å². The van der Waals surface area contributed by atoms with Crippen LogP contribution in [0.1, 0.15) is 17.3 Å². The predicted molar refractivity (Wildman–Crippen MR) is 60.1 cm³/mol. The number of benzene rings is 1. The molecule has 0 unspecified atom stereocenters. The SMILES string of the molecule is COc1ccc(N)c(C(C)=O)c1I. The summed E-state index contributed by atoms with van der Waals surface area (Å²) in [6, 6.07) is 3.43. The Kier molecular flexibility index (Phi) is 3.13. The van der Waals surface area contributed by atoms with Gasteiger partial charge >= 0.3 is 0 Å². The number of ketones is 1. The van der Waals surface area contributed by atoms with E-state index in [1.165, 1.54) is 6.92 Å². The zero-order valence-corrected chi connectivity index (χ0v) is 9.58. The minimum Gasteiger partial charge on any atom is -0.496 e. The molecule has 70 valence electrons. The van der Waals surface area contributed by atoms with E-state index in [0.29, 0.717) is 17.0 Å². The van der Waals surface area contributed by atoms with Crippen molar-refractivity contribution >= 4 is 34.1 Å². The Morgan fingerprint density at radius 3 is 2.62 bits per heavy atom. The van der Waals surface area contributed by atoms with E-state index in [1.54, 1.807) is 19.2 Å². The van der Waals surface area contributed by atoms with Gasteiger partial charge in [0.05, 0.1) is 16.2 Å². The summed E-state index contributed by atoms with van der Waals surface area (Å²) >= 11 is 2.06.